The van der Waals surface area contributed by atoms with Crippen molar-refractivity contribution in [2.45, 2.75) is 6.42 Å². The zero-order chi connectivity index (χ0) is 16.2. The minimum atomic E-state index is -0.479. The van der Waals surface area contributed by atoms with Crippen molar-refractivity contribution in [1.82, 2.24) is 4.98 Å². The first-order valence-electron chi connectivity index (χ1n) is 6.63. The smallest absolute Gasteiger partial charge is 0.269 e. The van der Waals surface area contributed by atoms with Gasteiger partial charge < -0.3 is 5.32 Å². The van der Waals surface area contributed by atoms with Crippen molar-refractivity contribution in [2.24, 2.45) is 0 Å². The van der Waals surface area contributed by atoms with Gasteiger partial charge in [-0.1, -0.05) is 0 Å². The molecule has 3 aromatic rings. The van der Waals surface area contributed by atoms with Crippen molar-refractivity contribution in [3.63, 3.8) is 0 Å². The van der Waals surface area contributed by atoms with Gasteiger partial charge in [-0.15, -0.1) is 11.3 Å². The van der Waals surface area contributed by atoms with E-state index in [1.165, 1.54) is 35.6 Å². The Bertz CT molecular complexity index is 826. The first-order chi connectivity index (χ1) is 11.1. The van der Waals surface area contributed by atoms with Crippen LogP contribution >= 0.6 is 22.7 Å². The van der Waals surface area contributed by atoms with E-state index in [-0.39, 0.29) is 18.0 Å². The Balaban J connectivity index is 1.62. The van der Waals surface area contributed by atoms with E-state index >= 15 is 0 Å². The first kappa shape index (κ1) is 15.3. The van der Waals surface area contributed by atoms with Crippen LogP contribution < -0.4 is 5.32 Å². The van der Waals surface area contributed by atoms with Crippen LogP contribution in [0.25, 0.3) is 10.6 Å². The summed E-state index contributed by atoms with van der Waals surface area (Å²) in [4.78, 5) is 26.6. The summed E-state index contributed by atoms with van der Waals surface area (Å²) in [6.07, 6.45) is 0.164. The summed E-state index contributed by atoms with van der Waals surface area (Å²) in [5, 5.41) is 20.0. The number of rotatable bonds is 5. The molecule has 0 saturated carbocycles. The molecule has 0 aliphatic rings. The number of nitrogens with one attached hydrogen (secondary N) is 1. The van der Waals surface area contributed by atoms with Gasteiger partial charge in [-0.25, -0.2) is 4.98 Å². The standard InChI is InChI=1S/C15H11N3O3S2/c19-14(16-11-1-3-13(4-2-11)18(20)21)7-12-9-23-15(17-12)10-5-6-22-8-10/h1-6,8-9H,7H2,(H,16,19). The van der Waals surface area contributed by atoms with Crippen molar-refractivity contribution < 1.29 is 9.72 Å². The topological polar surface area (TPSA) is 85.1 Å². The Morgan fingerprint density at radius 2 is 2.00 bits per heavy atom. The van der Waals surface area contributed by atoms with Gasteiger partial charge in [0.1, 0.15) is 5.01 Å². The van der Waals surface area contributed by atoms with Crippen molar-refractivity contribution in [3.05, 3.63) is 62.3 Å². The van der Waals surface area contributed by atoms with Crippen LogP contribution in [0.2, 0.25) is 0 Å². The lowest BCUT2D eigenvalue weighted by atomic mass is 10.2. The maximum absolute atomic E-state index is 12.0. The fourth-order valence-corrected chi connectivity index (χ4v) is 3.47. The maximum atomic E-state index is 12.0. The lowest BCUT2D eigenvalue weighted by Gasteiger charge is -2.03. The predicted octanol–water partition coefficient (Wildman–Crippen LogP) is 3.96. The van der Waals surface area contributed by atoms with Gasteiger partial charge in [0.2, 0.25) is 5.91 Å². The molecule has 0 fully saturated rings. The molecule has 6 nitrogen and oxygen atoms in total. The monoisotopic (exact) mass is 345 g/mol. The molecule has 0 aliphatic carbocycles. The molecule has 0 aliphatic heterocycles. The number of nitro groups is 1. The van der Waals surface area contributed by atoms with Gasteiger partial charge in [-0.3, -0.25) is 14.9 Å². The van der Waals surface area contributed by atoms with Gasteiger partial charge in [-0.05, 0) is 23.6 Å². The minimum absolute atomic E-state index is 0.0112. The van der Waals surface area contributed by atoms with Crippen molar-refractivity contribution in [1.29, 1.82) is 0 Å². The van der Waals surface area contributed by atoms with Crippen LogP contribution in [0.15, 0.2) is 46.5 Å². The number of thiazole rings is 1. The second kappa shape index (κ2) is 6.67. The normalized spacial score (nSPS) is 10.4. The van der Waals surface area contributed by atoms with Crippen LogP contribution in [0.3, 0.4) is 0 Å². The third-order valence-corrected chi connectivity index (χ3v) is 4.65. The van der Waals surface area contributed by atoms with Crippen LogP contribution in [0.1, 0.15) is 5.69 Å². The zero-order valence-electron chi connectivity index (χ0n) is 11.8. The molecule has 116 valence electrons. The Morgan fingerprint density at radius 3 is 2.65 bits per heavy atom. The molecule has 0 unspecified atom stereocenters. The SMILES string of the molecule is O=C(Cc1csc(-c2ccsc2)n1)Nc1ccc([N+](=O)[O-])cc1. The highest BCUT2D eigenvalue weighted by Crippen LogP contribution is 2.26. The minimum Gasteiger partial charge on any atom is -0.326 e. The number of thiophene rings is 1. The molecule has 8 heteroatoms. The van der Waals surface area contributed by atoms with E-state index in [4.69, 9.17) is 0 Å². The van der Waals surface area contributed by atoms with E-state index in [2.05, 4.69) is 10.3 Å². The Labute approximate surface area is 139 Å². The number of non-ortho nitro benzene ring substituents is 1. The largest absolute Gasteiger partial charge is 0.326 e. The number of carbonyl (C=O) groups is 1. The van der Waals surface area contributed by atoms with Gasteiger partial charge in [0.05, 0.1) is 17.0 Å². The highest BCUT2D eigenvalue weighted by atomic mass is 32.1. The molecule has 0 radical (unpaired) electrons. The number of hydrogen-bond acceptors (Lipinski definition) is 6. The molecule has 0 saturated heterocycles. The van der Waals surface area contributed by atoms with Crippen molar-refractivity contribution >= 4 is 40.0 Å². The lowest BCUT2D eigenvalue weighted by Crippen LogP contribution is -2.14. The first-order valence-corrected chi connectivity index (χ1v) is 8.45. The molecule has 0 bridgehead atoms. The highest BCUT2D eigenvalue weighted by molar-refractivity contribution is 7.14. The fraction of sp³-hybridized carbons (Fsp3) is 0.0667. The summed E-state index contributed by atoms with van der Waals surface area (Å²) in [6, 6.07) is 7.71. The highest BCUT2D eigenvalue weighted by Gasteiger charge is 2.10. The van der Waals surface area contributed by atoms with E-state index in [1.54, 1.807) is 11.3 Å². The van der Waals surface area contributed by atoms with Gasteiger partial charge in [0.25, 0.3) is 5.69 Å². The molecular formula is C15H11N3O3S2. The number of aromatic nitrogens is 1. The molecule has 1 N–H and O–H groups in total. The molecule has 0 spiro atoms. The second-order valence-electron chi connectivity index (χ2n) is 4.68. The van der Waals surface area contributed by atoms with Crippen LogP contribution in [0, 0.1) is 10.1 Å². The molecule has 0 atom stereocenters. The summed E-state index contributed by atoms with van der Waals surface area (Å²) in [5.41, 5.74) is 2.27. The van der Waals surface area contributed by atoms with E-state index < -0.39 is 4.92 Å². The number of hydrogen-bond donors (Lipinski definition) is 1. The lowest BCUT2D eigenvalue weighted by molar-refractivity contribution is -0.384. The van der Waals surface area contributed by atoms with E-state index in [0.29, 0.717) is 11.4 Å². The number of carbonyl (C=O) groups excluding carboxylic acids is 1. The molecule has 1 aromatic carbocycles. The average Bonchev–Trinajstić information content (AvgIpc) is 3.18. The van der Waals surface area contributed by atoms with Crippen molar-refractivity contribution in [3.8, 4) is 10.6 Å². The molecule has 3 rings (SSSR count). The third kappa shape index (κ3) is 3.79. The van der Waals surface area contributed by atoms with Crippen LogP contribution in [-0.4, -0.2) is 15.8 Å². The Kier molecular flexibility index (Phi) is 4.45. The number of benzene rings is 1. The Hall–Kier alpha value is -2.58. The number of nitrogens with zero attached hydrogens (tertiary/aromatic N) is 2. The van der Waals surface area contributed by atoms with Gasteiger partial charge >= 0.3 is 0 Å². The van der Waals surface area contributed by atoms with Crippen LogP contribution in [0.4, 0.5) is 11.4 Å². The summed E-state index contributed by atoms with van der Waals surface area (Å²) < 4.78 is 0. The average molecular weight is 345 g/mol. The number of nitro benzene ring substituents is 1. The second-order valence-corrected chi connectivity index (χ2v) is 6.32. The summed E-state index contributed by atoms with van der Waals surface area (Å²) in [6.45, 7) is 0. The quantitative estimate of drug-likeness (QED) is 0.560. The summed E-state index contributed by atoms with van der Waals surface area (Å²) in [7, 11) is 0. The van der Waals surface area contributed by atoms with E-state index in [0.717, 1.165) is 10.6 Å². The predicted molar refractivity (Wildman–Crippen MR) is 90.9 cm³/mol. The third-order valence-electron chi connectivity index (χ3n) is 3.02. The van der Waals surface area contributed by atoms with Crippen molar-refractivity contribution in [2.75, 3.05) is 5.32 Å². The van der Waals surface area contributed by atoms with Gasteiger partial charge in [0, 0.05) is 34.1 Å². The van der Waals surface area contributed by atoms with Gasteiger partial charge in [-0.2, -0.15) is 11.3 Å². The number of anilines is 1. The van der Waals surface area contributed by atoms with Gasteiger partial charge in [0.15, 0.2) is 0 Å². The maximum Gasteiger partial charge on any atom is 0.269 e. The molecule has 2 heterocycles. The summed E-state index contributed by atoms with van der Waals surface area (Å²) in [5.74, 6) is -0.207. The van der Waals surface area contributed by atoms with Crippen LogP contribution in [0.5, 0.6) is 0 Å². The Morgan fingerprint density at radius 1 is 1.22 bits per heavy atom. The number of amides is 1. The molecular weight excluding hydrogens is 334 g/mol. The molecule has 2 aromatic heterocycles. The fourth-order valence-electron chi connectivity index (χ4n) is 1.94. The zero-order valence-corrected chi connectivity index (χ0v) is 13.4. The van der Waals surface area contributed by atoms with E-state index in [1.807, 2.05) is 22.2 Å². The van der Waals surface area contributed by atoms with Crippen LogP contribution in [-0.2, 0) is 11.2 Å². The molecule has 23 heavy (non-hydrogen) atoms. The summed E-state index contributed by atoms with van der Waals surface area (Å²) >= 11 is 3.10. The molecule has 1 amide bonds. The van der Waals surface area contributed by atoms with E-state index in [9.17, 15) is 14.9 Å².